The fraction of sp³-hybridized carbons (Fsp3) is 0.350. The first kappa shape index (κ1) is 21.5. The van der Waals surface area contributed by atoms with E-state index >= 15 is 0 Å². The molecule has 1 aromatic carbocycles. The van der Waals surface area contributed by atoms with Crippen LogP contribution in [0.1, 0.15) is 39.4 Å². The maximum absolute atomic E-state index is 12.5. The van der Waals surface area contributed by atoms with Crippen LogP contribution in [0, 0.1) is 30.9 Å². The minimum atomic E-state index is -0.420. The van der Waals surface area contributed by atoms with Gasteiger partial charge in [0.25, 0.3) is 5.91 Å². The van der Waals surface area contributed by atoms with E-state index in [4.69, 9.17) is 11.6 Å². The highest BCUT2D eigenvalue weighted by molar-refractivity contribution is 6.31. The molecule has 158 valence electrons. The van der Waals surface area contributed by atoms with Crippen LogP contribution >= 0.6 is 11.6 Å². The van der Waals surface area contributed by atoms with Gasteiger partial charge in [0.15, 0.2) is 0 Å². The van der Waals surface area contributed by atoms with Crippen LogP contribution < -0.4 is 5.32 Å². The quantitative estimate of drug-likeness (QED) is 0.334. The van der Waals surface area contributed by atoms with Gasteiger partial charge in [-0.15, -0.1) is 0 Å². The summed E-state index contributed by atoms with van der Waals surface area (Å²) in [7, 11) is 0. The summed E-state index contributed by atoms with van der Waals surface area (Å²) in [6.07, 6.45) is 2.49. The number of nitrogens with one attached hydrogen (secondary N) is 1. The molecule has 0 fully saturated rings. The molecule has 9 nitrogen and oxygen atoms in total. The van der Waals surface area contributed by atoms with Gasteiger partial charge in [0, 0.05) is 24.8 Å². The standard InChI is InChI=1S/C20H23ClN6O3/c1-13-18(21)12-25(23-13)9-5-8-22-20(28)17-7-4-6-16(10-17)11-26-15(3)19(27(29)30)14(2)24-26/h4,6-7,10,12H,5,8-9,11H2,1-3H3,(H,22,28). The van der Waals surface area contributed by atoms with E-state index < -0.39 is 4.92 Å². The van der Waals surface area contributed by atoms with Crippen molar-refractivity contribution in [2.75, 3.05) is 6.54 Å². The SMILES string of the molecule is Cc1nn(CCCNC(=O)c2cccc(Cn3nc(C)c([N+](=O)[O-])c3C)c2)cc1Cl. The van der Waals surface area contributed by atoms with E-state index in [0.717, 1.165) is 17.7 Å². The minimum Gasteiger partial charge on any atom is -0.352 e. The van der Waals surface area contributed by atoms with E-state index in [0.29, 0.717) is 41.6 Å². The van der Waals surface area contributed by atoms with Crippen LogP contribution in [-0.2, 0) is 13.1 Å². The molecule has 0 aliphatic rings. The van der Waals surface area contributed by atoms with Crippen molar-refractivity contribution in [1.82, 2.24) is 24.9 Å². The van der Waals surface area contributed by atoms with Gasteiger partial charge in [0.05, 0.1) is 22.2 Å². The van der Waals surface area contributed by atoms with Crippen LogP contribution in [0.3, 0.4) is 0 Å². The number of hydrogen-bond donors (Lipinski definition) is 1. The number of rotatable bonds is 8. The lowest BCUT2D eigenvalue weighted by molar-refractivity contribution is -0.386. The normalized spacial score (nSPS) is 10.9. The number of nitro groups is 1. The molecule has 1 amide bonds. The van der Waals surface area contributed by atoms with Crippen molar-refractivity contribution in [3.05, 3.63) is 73.8 Å². The second-order valence-corrected chi connectivity index (χ2v) is 7.48. The first-order chi connectivity index (χ1) is 14.3. The number of aromatic nitrogens is 4. The molecule has 2 aromatic heterocycles. The molecule has 3 aromatic rings. The lowest BCUT2D eigenvalue weighted by Crippen LogP contribution is -2.25. The molecule has 0 saturated carbocycles. The third-order valence-corrected chi connectivity index (χ3v) is 5.15. The molecule has 0 aliphatic carbocycles. The van der Waals surface area contributed by atoms with Crippen molar-refractivity contribution in [2.45, 2.75) is 40.3 Å². The Kier molecular flexibility index (Phi) is 6.51. The van der Waals surface area contributed by atoms with E-state index in [-0.39, 0.29) is 11.6 Å². The number of hydrogen-bond acceptors (Lipinski definition) is 5. The maximum Gasteiger partial charge on any atom is 0.312 e. The van der Waals surface area contributed by atoms with Crippen LogP contribution in [0.4, 0.5) is 5.69 Å². The Morgan fingerprint density at radius 2 is 2.00 bits per heavy atom. The summed E-state index contributed by atoms with van der Waals surface area (Å²) in [5.41, 5.74) is 3.04. The Morgan fingerprint density at radius 1 is 1.23 bits per heavy atom. The Balaban J connectivity index is 1.59. The second kappa shape index (κ2) is 9.08. The Morgan fingerprint density at radius 3 is 2.63 bits per heavy atom. The number of aryl methyl sites for hydroxylation is 3. The largest absolute Gasteiger partial charge is 0.352 e. The number of nitrogens with zero attached hydrogens (tertiary/aromatic N) is 5. The van der Waals surface area contributed by atoms with Crippen molar-refractivity contribution >= 4 is 23.2 Å². The van der Waals surface area contributed by atoms with E-state index in [9.17, 15) is 14.9 Å². The van der Waals surface area contributed by atoms with Gasteiger partial charge in [-0.1, -0.05) is 23.7 Å². The molecule has 0 atom stereocenters. The van der Waals surface area contributed by atoms with Crippen LogP contribution in [0.2, 0.25) is 5.02 Å². The smallest absolute Gasteiger partial charge is 0.312 e. The van der Waals surface area contributed by atoms with E-state index in [1.165, 1.54) is 0 Å². The molecule has 0 aliphatic heterocycles. The van der Waals surface area contributed by atoms with Crippen molar-refractivity contribution in [1.29, 1.82) is 0 Å². The number of benzene rings is 1. The van der Waals surface area contributed by atoms with Crippen LogP contribution in [0.15, 0.2) is 30.5 Å². The molecule has 3 rings (SSSR count). The first-order valence-corrected chi connectivity index (χ1v) is 9.89. The highest BCUT2D eigenvalue weighted by Gasteiger charge is 2.21. The van der Waals surface area contributed by atoms with Gasteiger partial charge in [-0.3, -0.25) is 24.3 Å². The van der Waals surface area contributed by atoms with Crippen LogP contribution in [-0.4, -0.2) is 36.9 Å². The van der Waals surface area contributed by atoms with Gasteiger partial charge in [-0.25, -0.2) is 0 Å². The third-order valence-electron chi connectivity index (χ3n) is 4.78. The van der Waals surface area contributed by atoms with Gasteiger partial charge in [-0.05, 0) is 44.9 Å². The summed E-state index contributed by atoms with van der Waals surface area (Å²) < 4.78 is 3.35. The first-order valence-electron chi connectivity index (χ1n) is 9.51. The monoisotopic (exact) mass is 430 g/mol. The Labute approximate surface area is 178 Å². The van der Waals surface area contributed by atoms with Crippen LogP contribution in [0.25, 0.3) is 0 Å². The summed E-state index contributed by atoms with van der Waals surface area (Å²) in [6.45, 7) is 6.64. The fourth-order valence-electron chi connectivity index (χ4n) is 3.24. The Hall–Kier alpha value is -3.20. The average molecular weight is 431 g/mol. The zero-order chi connectivity index (χ0) is 21.8. The van der Waals surface area contributed by atoms with Gasteiger partial charge in [-0.2, -0.15) is 10.2 Å². The minimum absolute atomic E-state index is 0.0255. The zero-order valence-electron chi connectivity index (χ0n) is 17.1. The van der Waals surface area contributed by atoms with Gasteiger partial charge in [0.1, 0.15) is 11.4 Å². The average Bonchev–Trinajstić information content (AvgIpc) is 3.16. The lowest BCUT2D eigenvalue weighted by Gasteiger charge is -2.08. The number of carbonyl (C=O) groups is 1. The molecular weight excluding hydrogens is 408 g/mol. The number of halogens is 1. The van der Waals surface area contributed by atoms with Gasteiger partial charge in [0.2, 0.25) is 0 Å². The summed E-state index contributed by atoms with van der Waals surface area (Å²) in [4.78, 5) is 23.2. The van der Waals surface area contributed by atoms with Crippen LogP contribution in [0.5, 0.6) is 0 Å². The second-order valence-electron chi connectivity index (χ2n) is 7.07. The molecule has 0 saturated heterocycles. The topological polar surface area (TPSA) is 108 Å². The highest BCUT2D eigenvalue weighted by atomic mass is 35.5. The highest BCUT2D eigenvalue weighted by Crippen LogP contribution is 2.22. The summed E-state index contributed by atoms with van der Waals surface area (Å²) in [5.74, 6) is -0.175. The predicted molar refractivity (Wildman–Crippen MR) is 113 cm³/mol. The number of carbonyl (C=O) groups excluding carboxylic acids is 1. The maximum atomic E-state index is 12.5. The predicted octanol–water partition coefficient (Wildman–Crippen LogP) is 3.43. The molecule has 10 heteroatoms. The fourth-order valence-corrected chi connectivity index (χ4v) is 3.39. The van der Waals surface area contributed by atoms with Gasteiger partial charge >= 0.3 is 5.69 Å². The number of amides is 1. The molecular formula is C20H23ClN6O3. The van der Waals surface area contributed by atoms with Crippen molar-refractivity contribution in [3.8, 4) is 0 Å². The summed E-state index contributed by atoms with van der Waals surface area (Å²) in [5, 5.41) is 23.2. The Bertz CT molecular complexity index is 1070. The zero-order valence-corrected chi connectivity index (χ0v) is 17.8. The van der Waals surface area contributed by atoms with Crippen molar-refractivity contribution in [3.63, 3.8) is 0 Å². The molecule has 0 unspecified atom stereocenters. The molecule has 0 radical (unpaired) electrons. The summed E-state index contributed by atoms with van der Waals surface area (Å²) in [6, 6.07) is 7.16. The van der Waals surface area contributed by atoms with E-state index in [2.05, 4.69) is 15.5 Å². The van der Waals surface area contributed by atoms with E-state index in [1.54, 1.807) is 47.6 Å². The third kappa shape index (κ3) is 4.85. The van der Waals surface area contributed by atoms with Gasteiger partial charge < -0.3 is 5.32 Å². The summed E-state index contributed by atoms with van der Waals surface area (Å²) >= 11 is 5.99. The molecule has 1 N–H and O–H groups in total. The van der Waals surface area contributed by atoms with E-state index in [1.807, 2.05) is 13.0 Å². The molecule has 30 heavy (non-hydrogen) atoms. The lowest BCUT2D eigenvalue weighted by atomic mass is 10.1. The molecule has 0 spiro atoms. The molecule has 2 heterocycles. The van der Waals surface area contributed by atoms with Crippen molar-refractivity contribution < 1.29 is 9.72 Å². The molecule has 0 bridgehead atoms. The van der Waals surface area contributed by atoms with Crippen molar-refractivity contribution in [2.24, 2.45) is 0 Å².